The van der Waals surface area contributed by atoms with E-state index in [9.17, 15) is 4.79 Å². The van der Waals surface area contributed by atoms with Crippen molar-refractivity contribution in [3.05, 3.63) is 50.7 Å². The Labute approximate surface area is 120 Å². The van der Waals surface area contributed by atoms with Gasteiger partial charge in [0.25, 0.3) is 5.91 Å². The number of nitrogens with zero attached hydrogens (tertiary/aromatic N) is 1. The molecular weight excluding hydrogens is 280 g/mol. The minimum Gasteiger partial charge on any atom is -0.398 e. The van der Waals surface area contributed by atoms with Crippen LogP contribution in [-0.2, 0) is 13.0 Å². The topological polar surface area (TPSA) is 46.3 Å². The molecule has 0 spiro atoms. The maximum atomic E-state index is 12.4. The molecule has 3 nitrogen and oxygen atoms in total. The van der Waals surface area contributed by atoms with Gasteiger partial charge in [-0.15, -0.1) is 11.3 Å². The van der Waals surface area contributed by atoms with Crippen molar-refractivity contribution in [2.45, 2.75) is 13.0 Å². The highest BCUT2D eigenvalue weighted by Gasteiger charge is 2.22. The molecule has 2 heterocycles. The van der Waals surface area contributed by atoms with E-state index < -0.39 is 0 Å². The minimum absolute atomic E-state index is 0.0127. The lowest BCUT2D eigenvalue weighted by Crippen LogP contribution is -2.35. The highest BCUT2D eigenvalue weighted by molar-refractivity contribution is 7.10. The van der Waals surface area contributed by atoms with Crippen LogP contribution < -0.4 is 5.73 Å². The number of amides is 1. The van der Waals surface area contributed by atoms with Crippen molar-refractivity contribution < 1.29 is 4.79 Å². The van der Waals surface area contributed by atoms with Crippen molar-refractivity contribution in [2.75, 3.05) is 12.3 Å². The first-order valence-electron chi connectivity index (χ1n) is 6.04. The van der Waals surface area contributed by atoms with Gasteiger partial charge < -0.3 is 10.6 Å². The van der Waals surface area contributed by atoms with Crippen molar-refractivity contribution in [3.8, 4) is 0 Å². The average molecular weight is 293 g/mol. The molecule has 0 unspecified atom stereocenters. The molecule has 5 heteroatoms. The van der Waals surface area contributed by atoms with Gasteiger partial charge >= 0.3 is 0 Å². The Morgan fingerprint density at radius 3 is 3.00 bits per heavy atom. The fourth-order valence-electron chi connectivity index (χ4n) is 2.26. The molecule has 1 aromatic carbocycles. The number of fused-ring (bicyclic) bond motifs is 1. The fourth-order valence-corrected chi connectivity index (χ4v) is 3.33. The first kappa shape index (κ1) is 12.5. The Balaban J connectivity index is 1.83. The van der Waals surface area contributed by atoms with Gasteiger partial charge in [-0.3, -0.25) is 4.79 Å². The van der Waals surface area contributed by atoms with Gasteiger partial charge in [-0.1, -0.05) is 11.6 Å². The highest BCUT2D eigenvalue weighted by Crippen LogP contribution is 2.26. The van der Waals surface area contributed by atoms with Crippen molar-refractivity contribution in [2.24, 2.45) is 0 Å². The second-order valence-corrected chi connectivity index (χ2v) is 5.99. The Morgan fingerprint density at radius 2 is 2.21 bits per heavy atom. The molecule has 0 saturated heterocycles. The van der Waals surface area contributed by atoms with Gasteiger partial charge in [0.1, 0.15) is 0 Å². The fraction of sp³-hybridized carbons (Fsp3) is 0.214. The molecule has 1 aliphatic rings. The maximum absolute atomic E-state index is 12.4. The smallest absolute Gasteiger partial charge is 0.254 e. The summed E-state index contributed by atoms with van der Waals surface area (Å²) in [6.07, 6.45) is 0.932. The minimum atomic E-state index is 0.0127. The Hall–Kier alpha value is -1.52. The van der Waals surface area contributed by atoms with Crippen LogP contribution in [0.5, 0.6) is 0 Å². The molecule has 0 fully saturated rings. The lowest BCUT2D eigenvalue weighted by Gasteiger charge is -2.27. The standard InChI is InChI=1S/C14H13ClN2OS/c15-11-7-9(1-2-12(11)16)14(18)17-5-3-13-10(8-17)4-6-19-13/h1-2,4,6-7H,3,5,8,16H2. The molecule has 0 radical (unpaired) electrons. The van der Waals surface area contributed by atoms with Crippen molar-refractivity contribution in [1.82, 2.24) is 4.90 Å². The van der Waals surface area contributed by atoms with E-state index in [1.165, 1.54) is 10.4 Å². The molecule has 98 valence electrons. The number of benzene rings is 1. The summed E-state index contributed by atoms with van der Waals surface area (Å²) >= 11 is 7.73. The summed E-state index contributed by atoms with van der Waals surface area (Å²) in [7, 11) is 0. The number of carbonyl (C=O) groups excluding carboxylic acids is 1. The van der Waals surface area contributed by atoms with Crippen molar-refractivity contribution in [3.63, 3.8) is 0 Å². The number of rotatable bonds is 1. The zero-order valence-corrected chi connectivity index (χ0v) is 11.8. The van der Waals surface area contributed by atoms with E-state index in [0.29, 0.717) is 22.8 Å². The van der Waals surface area contributed by atoms with E-state index in [1.54, 1.807) is 29.5 Å². The van der Waals surface area contributed by atoms with Crippen LogP contribution in [0.15, 0.2) is 29.6 Å². The van der Waals surface area contributed by atoms with Crippen LogP contribution >= 0.6 is 22.9 Å². The zero-order valence-electron chi connectivity index (χ0n) is 10.2. The summed E-state index contributed by atoms with van der Waals surface area (Å²) in [6.45, 7) is 1.44. The number of thiophene rings is 1. The first-order chi connectivity index (χ1) is 9.15. The second-order valence-electron chi connectivity index (χ2n) is 4.58. The third-order valence-corrected chi connectivity index (χ3v) is 4.69. The summed E-state index contributed by atoms with van der Waals surface area (Å²) in [5.74, 6) is 0.0127. The third-order valence-electron chi connectivity index (χ3n) is 3.34. The molecule has 0 aliphatic carbocycles. The molecule has 0 saturated carbocycles. The number of halogens is 1. The molecule has 1 aromatic heterocycles. The highest BCUT2D eigenvalue weighted by atomic mass is 35.5. The van der Waals surface area contributed by atoms with Gasteiger partial charge in [0, 0.05) is 23.5 Å². The lowest BCUT2D eigenvalue weighted by molar-refractivity contribution is 0.0736. The van der Waals surface area contributed by atoms with Gasteiger partial charge in [-0.25, -0.2) is 0 Å². The quantitative estimate of drug-likeness (QED) is 0.821. The Kier molecular flexibility index (Phi) is 3.21. The molecular formula is C14H13ClN2OS. The van der Waals surface area contributed by atoms with Gasteiger partial charge in [-0.2, -0.15) is 0 Å². The predicted molar refractivity (Wildman–Crippen MR) is 78.6 cm³/mol. The van der Waals surface area contributed by atoms with Gasteiger partial charge in [-0.05, 0) is 41.6 Å². The predicted octanol–water partition coefficient (Wildman–Crippen LogP) is 3.18. The SMILES string of the molecule is Nc1ccc(C(=O)N2CCc3sccc3C2)cc1Cl. The van der Waals surface area contributed by atoms with E-state index >= 15 is 0 Å². The monoisotopic (exact) mass is 292 g/mol. The average Bonchev–Trinajstić information content (AvgIpc) is 2.88. The molecule has 1 amide bonds. The number of hydrogen-bond donors (Lipinski definition) is 1. The van der Waals surface area contributed by atoms with Crippen LogP contribution in [0.25, 0.3) is 0 Å². The molecule has 0 atom stereocenters. The normalized spacial score (nSPS) is 14.3. The summed E-state index contributed by atoms with van der Waals surface area (Å²) < 4.78 is 0. The third kappa shape index (κ3) is 2.33. The molecule has 2 N–H and O–H groups in total. The molecule has 3 rings (SSSR count). The summed E-state index contributed by atoms with van der Waals surface area (Å²) in [5.41, 5.74) is 8.01. The number of carbonyl (C=O) groups is 1. The Morgan fingerprint density at radius 1 is 1.37 bits per heavy atom. The van der Waals surface area contributed by atoms with Crippen LogP contribution in [0.3, 0.4) is 0 Å². The second kappa shape index (κ2) is 4.87. The van der Waals surface area contributed by atoms with E-state index in [-0.39, 0.29) is 5.91 Å². The number of anilines is 1. The van der Waals surface area contributed by atoms with Gasteiger partial charge in [0.15, 0.2) is 0 Å². The van der Waals surface area contributed by atoms with Crippen LogP contribution in [-0.4, -0.2) is 17.4 Å². The lowest BCUT2D eigenvalue weighted by atomic mass is 10.1. The largest absolute Gasteiger partial charge is 0.398 e. The Bertz CT molecular complexity index is 638. The van der Waals surface area contributed by atoms with Crippen molar-refractivity contribution >= 4 is 34.5 Å². The molecule has 19 heavy (non-hydrogen) atoms. The summed E-state index contributed by atoms with van der Waals surface area (Å²) in [5, 5.41) is 2.51. The molecule has 0 bridgehead atoms. The zero-order chi connectivity index (χ0) is 13.4. The van der Waals surface area contributed by atoms with E-state index in [1.807, 2.05) is 4.90 Å². The van der Waals surface area contributed by atoms with Crippen LogP contribution in [0, 0.1) is 0 Å². The van der Waals surface area contributed by atoms with E-state index in [0.717, 1.165) is 13.0 Å². The van der Waals surface area contributed by atoms with E-state index in [4.69, 9.17) is 17.3 Å². The summed E-state index contributed by atoms with van der Waals surface area (Å²) in [6, 6.07) is 7.14. The molecule has 1 aliphatic heterocycles. The van der Waals surface area contributed by atoms with Crippen LogP contribution in [0.4, 0.5) is 5.69 Å². The van der Waals surface area contributed by atoms with E-state index in [2.05, 4.69) is 11.4 Å². The van der Waals surface area contributed by atoms with Crippen LogP contribution in [0.2, 0.25) is 5.02 Å². The van der Waals surface area contributed by atoms with Crippen LogP contribution in [0.1, 0.15) is 20.8 Å². The number of nitrogen functional groups attached to an aromatic ring is 1. The van der Waals surface area contributed by atoms with Crippen molar-refractivity contribution in [1.29, 1.82) is 0 Å². The van der Waals surface area contributed by atoms with Gasteiger partial charge in [0.2, 0.25) is 0 Å². The first-order valence-corrected chi connectivity index (χ1v) is 7.30. The molecule has 2 aromatic rings. The summed E-state index contributed by atoms with van der Waals surface area (Å²) in [4.78, 5) is 15.7. The van der Waals surface area contributed by atoms with Gasteiger partial charge in [0.05, 0.1) is 10.7 Å². The number of nitrogens with two attached hydrogens (primary N) is 1. The number of hydrogen-bond acceptors (Lipinski definition) is 3. The maximum Gasteiger partial charge on any atom is 0.254 e.